The molecule has 0 saturated heterocycles. The van der Waals surface area contributed by atoms with Crippen molar-refractivity contribution >= 4 is 22.9 Å². The number of benzene rings is 2. The second-order valence-corrected chi connectivity index (χ2v) is 7.08. The molecule has 0 bridgehead atoms. The van der Waals surface area contributed by atoms with Gasteiger partial charge in [0.15, 0.2) is 0 Å². The smallest absolute Gasteiger partial charge is 0.324 e. The Labute approximate surface area is 164 Å². The topological polar surface area (TPSA) is 81.8 Å². The number of amides is 1. The summed E-state index contributed by atoms with van der Waals surface area (Å²) in [6.45, 7) is -0.204. The molecule has 0 saturated carbocycles. The van der Waals surface area contributed by atoms with Crippen molar-refractivity contribution in [3.63, 3.8) is 0 Å². The van der Waals surface area contributed by atoms with E-state index < -0.39 is 5.69 Å². The number of hydrogen-bond donors (Lipinski definition) is 1. The average Bonchev–Trinajstić information content (AvgIpc) is 3.35. The Morgan fingerprint density at radius 1 is 0.964 bits per heavy atom. The Hall–Kier alpha value is -3.52. The van der Waals surface area contributed by atoms with Gasteiger partial charge in [0.25, 0.3) is 0 Å². The van der Waals surface area contributed by atoms with Crippen LogP contribution in [0, 0.1) is 0 Å². The number of carbonyl (C=O) groups excluding carboxylic acids is 1. The predicted molar refractivity (Wildman–Crippen MR) is 108 cm³/mol. The highest BCUT2D eigenvalue weighted by Gasteiger charge is 2.14. The van der Waals surface area contributed by atoms with Crippen molar-refractivity contribution in [3.05, 3.63) is 93.7 Å². The van der Waals surface area contributed by atoms with Crippen molar-refractivity contribution in [3.8, 4) is 5.00 Å². The van der Waals surface area contributed by atoms with Gasteiger partial charge in [-0.05, 0) is 51.6 Å². The van der Waals surface area contributed by atoms with E-state index in [-0.39, 0.29) is 12.5 Å². The summed E-state index contributed by atoms with van der Waals surface area (Å²) in [6.07, 6.45) is 0.700. The fraction of sp³-hybridized carbons (Fsp3) is 0.100. The van der Waals surface area contributed by atoms with Gasteiger partial charge in [-0.25, -0.2) is 4.79 Å². The first kappa shape index (κ1) is 17.9. The van der Waals surface area contributed by atoms with Crippen LogP contribution in [-0.2, 0) is 17.8 Å². The van der Waals surface area contributed by atoms with E-state index in [0.29, 0.717) is 11.4 Å². The maximum atomic E-state index is 12.5. The van der Waals surface area contributed by atoms with Gasteiger partial charge in [-0.1, -0.05) is 48.5 Å². The van der Waals surface area contributed by atoms with E-state index in [4.69, 9.17) is 0 Å². The van der Waals surface area contributed by atoms with Crippen LogP contribution >= 0.6 is 11.3 Å². The van der Waals surface area contributed by atoms with Crippen LogP contribution < -0.4 is 11.0 Å². The molecule has 2 heterocycles. The second kappa shape index (κ2) is 8.01. The molecular weight excluding hydrogens is 374 g/mol. The standard InChI is InChI=1S/C20H17N5O2S/c26-18(14-24-20(27)25(23-22-24)19-11-6-12-28-19)21-17-10-5-4-9-16(17)13-15-7-2-1-3-8-15/h1-12H,13-14H2,(H,21,26). The van der Waals surface area contributed by atoms with Gasteiger partial charge in [0, 0.05) is 5.69 Å². The first-order chi connectivity index (χ1) is 13.7. The zero-order chi connectivity index (χ0) is 19.3. The molecule has 0 fully saturated rings. The molecule has 0 aliphatic heterocycles. The van der Waals surface area contributed by atoms with Gasteiger partial charge in [0.05, 0.1) is 0 Å². The molecule has 1 amide bonds. The van der Waals surface area contributed by atoms with E-state index in [1.165, 1.54) is 16.0 Å². The largest absolute Gasteiger partial charge is 0.369 e. The molecule has 1 N–H and O–H groups in total. The summed E-state index contributed by atoms with van der Waals surface area (Å²) in [5.41, 5.74) is 2.42. The number of nitrogens with one attached hydrogen (secondary N) is 1. The minimum absolute atomic E-state index is 0.204. The van der Waals surface area contributed by atoms with Crippen LogP contribution in [0.2, 0.25) is 0 Å². The van der Waals surface area contributed by atoms with E-state index in [9.17, 15) is 9.59 Å². The molecule has 0 atom stereocenters. The lowest BCUT2D eigenvalue weighted by Gasteiger charge is -2.11. The molecule has 0 spiro atoms. The van der Waals surface area contributed by atoms with Crippen LogP contribution in [0.3, 0.4) is 0 Å². The minimum Gasteiger partial charge on any atom is -0.324 e. The second-order valence-electron chi connectivity index (χ2n) is 6.15. The molecular formula is C20H17N5O2S. The van der Waals surface area contributed by atoms with Crippen molar-refractivity contribution in [2.45, 2.75) is 13.0 Å². The van der Waals surface area contributed by atoms with Crippen LogP contribution in [-0.4, -0.2) is 25.7 Å². The van der Waals surface area contributed by atoms with Crippen LogP contribution in [0.25, 0.3) is 5.00 Å². The molecule has 0 aliphatic carbocycles. The third-order valence-corrected chi connectivity index (χ3v) is 5.02. The van der Waals surface area contributed by atoms with Gasteiger partial charge < -0.3 is 5.32 Å². The first-order valence-corrected chi connectivity index (χ1v) is 9.57. The summed E-state index contributed by atoms with van der Waals surface area (Å²) < 4.78 is 2.23. The Kier molecular flexibility index (Phi) is 5.11. The van der Waals surface area contributed by atoms with E-state index in [1.54, 1.807) is 6.07 Å². The fourth-order valence-corrected chi connectivity index (χ4v) is 3.51. The summed E-state index contributed by atoms with van der Waals surface area (Å²) in [5.74, 6) is -0.333. The molecule has 2 aromatic carbocycles. The molecule has 0 radical (unpaired) electrons. The van der Waals surface area contributed by atoms with Gasteiger partial charge in [-0.15, -0.1) is 11.3 Å². The number of para-hydroxylation sites is 1. The Morgan fingerprint density at radius 3 is 2.54 bits per heavy atom. The molecule has 28 heavy (non-hydrogen) atoms. The molecule has 0 aliphatic rings. The number of hydrogen-bond acceptors (Lipinski definition) is 5. The highest BCUT2D eigenvalue weighted by molar-refractivity contribution is 7.12. The zero-order valence-corrected chi connectivity index (χ0v) is 15.7. The van der Waals surface area contributed by atoms with Gasteiger partial charge >= 0.3 is 5.69 Å². The zero-order valence-electron chi connectivity index (χ0n) is 14.9. The Balaban J connectivity index is 1.49. The third-order valence-electron chi connectivity index (χ3n) is 4.18. The highest BCUT2D eigenvalue weighted by atomic mass is 32.1. The first-order valence-electron chi connectivity index (χ1n) is 8.69. The van der Waals surface area contributed by atoms with E-state index in [1.807, 2.05) is 66.0 Å². The summed E-state index contributed by atoms with van der Waals surface area (Å²) in [7, 11) is 0. The van der Waals surface area contributed by atoms with Gasteiger partial charge in [0.1, 0.15) is 11.5 Å². The van der Waals surface area contributed by atoms with Crippen LogP contribution in [0.4, 0.5) is 5.69 Å². The summed E-state index contributed by atoms with van der Waals surface area (Å²) in [4.78, 5) is 24.9. The quantitative estimate of drug-likeness (QED) is 0.548. The van der Waals surface area contributed by atoms with Gasteiger partial charge in [-0.3, -0.25) is 4.79 Å². The molecule has 7 nitrogen and oxygen atoms in total. The normalized spacial score (nSPS) is 10.7. The van der Waals surface area contributed by atoms with E-state index >= 15 is 0 Å². The van der Waals surface area contributed by atoms with Gasteiger partial charge in [-0.2, -0.15) is 9.36 Å². The molecule has 140 valence electrons. The highest BCUT2D eigenvalue weighted by Crippen LogP contribution is 2.19. The monoisotopic (exact) mass is 391 g/mol. The third kappa shape index (κ3) is 3.91. The summed E-state index contributed by atoms with van der Waals surface area (Å²) >= 11 is 1.37. The van der Waals surface area contributed by atoms with Crippen molar-refractivity contribution < 1.29 is 4.79 Å². The molecule has 4 aromatic rings. The van der Waals surface area contributed by atoms with Crippen LogP contribution in [0.15, 0.2) is 76.9 Å². The molecule has 4 rings (SSSR count). The minimum atomic E-state index is -0.449. The Bertz CT molecular complexity index is 1130. The number of rotatable bonds is 6. The predicted octanol–water partition coefficient (Wildman–Crippen LogP) is 2.72. The average molecular weight is 391 g/mol. The van der Waals surface area contributed by atoms with Crippen molar-refractivity contribution in [2.75, 3.05) is 5.32 Å². The van der Waals surface area contributed by atoms with Crippen molar-refractivity contribution in [1.82, 2.24) is 19.8 Å². The fourth-order valence-electron chi connectivity index (χ4n) is 2.84. The maximum absolute atomic E-state index is 12.5. The van der Waals surface area contributed by atoms with Crippen molar-refractivity contribution in [2.24, 2.45) is 0 Å². The lowest BCUT2D eigenvalue weighted by Crippen LogP contribution is -2.29. The van der Waals surface area contributed by atoms with Gasteiger partial charge in [0.2, 0.25) is 5.91 Å². The number of nitrogens with zero attached hydrogens (tertiary/aromatic N) is 4. The number of anilines is 1. The van der Waals surface area contributed by atoms with Crippen LogP contribution in [0.5, 0.6) is 0 Å². The number of tetrazole rings is 1. The van der Waals surface area contributed by atoms with E-state index in [0.717, 1.165) is 21.5 Å². The van der Waals surface area contributed by atoms with Crippen molar-refractivity contribution in [1.29, 1.82) is 0 Å². The van der Waals surface area contributed by atoms with Crippen LogP contribution in [0.1, 0.15) is 11.1 Å². The summed E-state index contributed by atoms with van der Waals surface area (Å²) in [5, 5.41) is 13.0. The maximum Gasteiger partial charge on any atom is 0.369 e. The number of thiophene rings is 1. The number of aromatic nitrogens is 4. The molecule has 0 unspecified atom stereocenters. The number of carbonyl (C=O) groups is 1. The Morgan fingerprint density at radius 2 is 1.75 bits per heavy atom. The lowest BCUT2D eigenvalue weighted by molar-refractivity contribution is -0.117. The van der Waals surface area contributed by atoms with E-state index in [2.05, 4.69) is 15.7 Å². The summed E-state index contributed by atoms with van der Waals surface area (Å²) in [6, 6.07) is 21.2. The lowest BCUT2D eigenvalue weighted by atomic mass is 10.0. The molecule has 8 heteroatoms. The SMILES string of the molecule is O=C(Cn1nnn(-c2cccs2)c1=O)Nc1ccccc1Cc1ccccc1. The molecule has 2 aromatic heterocycles.